The molecule has 0 saturated carbocycles. The third-order valence-corrected chi connectivity index (χ3v) is 5.67. The average Bonchev–Trinajstić information content (AvgIpc) is 3.36. The Balaban J connectivity index is 2.18. The van der Waals surface area contributed by atoms with Gasteiger partial charge in [0.1, 0.15) is 23.9 Å². The second-order valence-electron chi connectivity index (χ2n) is 9.51. The van der Waals surface area contributed by atoms with E-state index in [1.165, 1.54) is 24.7 Å². The van der Waals surface area contributed by atoms with Gasteiger partial charge in [0.05, 0.1) is 18.8 Å². The van der Waals surface area contributed by atoms with Gasteiger partial charge in [-0.25, -0.2) is 9.78 Å². The van der Waals surface area contributed by atoms with Crippen LogP contribution in [0.2, 0.25) is 0 Å². The van der Waals surface area contributed by atoms with E-state index in [4.69, 9.17) is 5.73 Å². The normalized spacial score (nSPS) is 14.1. The van der Waals surface area contributed by atoms with Crippen molar-refractivity contribution in [1.82, 2.24) is 25.9 Å². The number of hydrogen-bond acceptors (Lipinski definition) is 8. The van der Waals surface area contributed by atoms with Gasteiger partial charge >= 0.3 is 11.9 Å². The van der Waals surface area contributed by atoms with E-state index < -0.39 is 60.2 Å². The zero-order valence-corrected chi connectivity index (χ0v) is 21.6. The summed E-state index contributed by atoms with van der Waals surface area (Å²) >= 11 is 0. The number of hydrogen-bond donors (Lipinski definition) is 8. The molecule has 14 heteroatoms. The summed E-state index contributed by atoms with van der Waals surface area (Å²) in [6, 6.07) is 0.818. The van der Waals surface area contributed by atoms with Gasteiger partial charge in [0.15, 0.2) is 0 Å². The first-order valence-electron chi connectivity index (χ1n) is 12.2. The Hall–Kier alpha value is -4.46. The molecule has 0 radical (unpaired) electrons. The maximum Gasteiger partial charge on any atom is 0.326 e. The van der Waals surface area contributed by atoms with E-state index in [1.54, 1.807) is 26.0 Å². The molecule has 2 rings (SSSR count). The van der Waals surface area contributed by atoms with E-state index in [0.717, 1.165) is 0 Å². The van der Waals surface area contributed by atoms with Crippen LogP contribution in [0.25, 0.3) is 0 Å². The third-order valence-electron chi connectivity index (χ3n) is 5.67. The molecule has 4 unspecified atom stereocenters. The summed E-state index contributed by atoms with van der Waals surface area (Å²) in [6.07, 6.45) is 2.07. The van der Waals surface area contributed by atoms with Crippen LogP contribution in [-0.4, -0.2) is 79.1 Å². The Bertz CT molecular complexity index is 1140. The van der Waals surface area contributed by atoms with Crippen molar-refractivity contribution in [1.29, 1.82) is 0 Å². The van der Waals surface area contributed by atoms with Crippen LogP contribution in [0.15, 0.2) is 36.8 Å². The Morgan fingerprint density at radius 3 is 2.03 bits per heavy atom. The van der Waals surface area contributed by atoms with Crippen LogP contribution in [0.3, 0.4) is 0 Å². The van der Waals surface area contributed by atoms with Gasteiger partial charge in [0, 0.05) is 18.3 Å². The number of rotatable bonds is 15. The minimum Gasteiger partial charge on any atom is -0.508 e. The molecule has 39 heavy (non-hydrogen) atoms. The molecule has 9 N–H and O–H groups in total. The molecule has 14 nitrogen and oxygen atoms in total. The Labute approximate surface area is 224 Å². The summed E-state index contributed by atoms with van der Waals surface area (Å²) in [5.74, 6) is -5.31. The van der Waals surface area contributed by atoms with Crippen molar-refractivity contribution < 1.29 is 39.3 Å². The Morgan fingerprint density at radius 2 is 1.49 bits per heavy atom. The number of carbonyl (C=O) groups excluding carboxylic acids is 3. The quantitative estimate of drug-likeness (QED) is 0.140. The van der Waals surface area contributed by atoms with Gasteiger partial charge in [-0.1, -0.05) is 26.0 Å². The third kappa shape index (κ3) is 10.4. The van der Waals surface area contributed by atoms with Gasteiger partial charge in [-0.05, 0) is 36.5 Å². The summed E-state index contributed by atoms with van der Waals surface area (Å²) in [7, 11) is 0. The Kier molecular flexibility index (Phi) is 11.4. The molecule has 0 fully saturated rings. The highest BCUT2D eigenvalue weighted by molar-refractivity contribution is 5.95. The van der Waals surface area contributed by atoms with Crippen LogP contribution in [0, 0.1) is 5.92 Å². The number of aromatic nitrogens is 2. The SMILES string of the molecule is CC(C)CC(NC(=O)C(CC(=O)O)NC(=O)C(Cc1cnc[nH]1)NC(=O)C(N)Cc1ccc(O)cc1)C(=O)O. The van der Waals surface area contributed by atoms with Crippen LogP contribution >= 0.6 is 0 Å². The number of aromatic amines is 1. The fourth-order valence-corrected chi connectivity index (χ4v) is 3.70. The number of H-pyrrole nitrogens is 1. The van der Waals surface area contributed by atoms with E-state index in [2.05, 4.69) is 25.9 Å². The molecular formula is C25H34N6O8. The smallest absolute Gasteiger partial charge is 0.326 e. The molecule has 1 aromatic heterocycles. The standard InChI is InChI=1S/C25H34N6O8/c1-13(2)7-20(25(38)39)31-24(37)19(10-21(33)34)30-23(36)18(9-15-11-27-12-28-15)29-22(35)17(26)8-14-3-5-16(32)6-4-14/h3-6,11-13,17-20,32H,7-10,26H2,1-2H3,(H,27,28)(H,29,35)(H,30,36)(H,31,37)(H,33,34)(H,38,39). The molecule has 3 amide bonds. The zero-order chi connectivity index (χ0) is 29.1. The molecule has 0 aliphatic heterocycles. The van der Waals surface area contributed by atoms with Gasteiger partial charge in [-0.15, -0.1) is 0 Å². The van der Waals surface area contributed by atoms with E-state index in [-0.39, 0.29) is 30.9 Å². The zero-order valence-electron chi connectivity index (χ0n) is 21.6. The van der Waals surface area contributed by atoms with Crippen LogP contribution < -0.4 is 21.7 Å². The molecule has 4 atom stereocenters. The number of nitrogens with two attached hydrogens (primary N) is 1. The van der Waals surface area contributed by atoms with Crippen molar-refractivity contribution >= 4 is 29.7 Å². The maximum absolute atomic E-state index is 13.2. The molecule has 0 saturated heterocycles. The van der Waals surface area contributed by atoms with Crippen molar-refractivity contribution in [3.8, 4) is 5.75 Å². The molecule has 0 aliphatic rings. The van der Waals surface area contributed by atoms with Gasteiger partial charge in [0.2, 0.25) is 17.7 Å². The highest BCUT2D eigenvalue weighted by Crippen LogP contribution is 2.11. The second kappa shape index (κ2) is 14.5. The van der Waals surface area contributed by atoms with Crippen molar-refractivity contribution in [2.75, 3.05) is 0 Å². The fourth-order valence-electron chi connectivity index (χ4n) is 3.70. The topological polar surface area (TPSA) is 237 Å². The number of carboxylic acid groups (broad SMARTS) is 2. The first kappa shape index (κ1) is 30.8. The molecule has 212 valence electrons. The van der Waals surface area contributed by atoms with Crippen molar-refractivity contribution in [3.05, 3.63) is 48.0 Å². The number of nitrogens with one attached hydrogen (secondary N) is 4. The number of phenolic OH excluding ortho intramolecular Hbond substituents is 1. The molecular weight excluding hydrogens is 512 g/mol. The first-order chi connectivity index (χ1) is 18.3. The lowest BCUT2D eigenvalue weighted by Crippen LogP contribution is -2.58. The molecule has 0 aliphatic carbocycles. The molecule has 1 aromatic carbocycles. The summed E-state index contributed by atoms with van der Waals surface area (Å²) in [6.45, 7) is 3.52. The lowest BCUT2D eigenvalue weighted by Gasteiger charge is -2.25. The largest absolute Gasteiger partial charge is 0.508 e. The summed E-state index contributed by atoms with van der Waals surface area (Å²) in [5.41, 5.74) is 7.15. The van der Waals surface area contributed by atoms with Crippen LogP contribution in [-0.2, 0) is 36.8 Å². The highest BCUT2D eigenvalue weighted by Gasteiger charge is 2.32. The highest BCUT2D eigenvalue weighted by atomic mass is 16.4. The van der Waals surface area contributed by atoms with Gasteiger partial charge in [-0.2, -0.15) is 0 Å². The minimum atomic E-state index is -1.61. The summed E-state index contributed by atoms with van der Waals surface area (Å²) < 4.78 is 0. The predicted octanol–water partition coefficient (Wildman–Crippen LogP) is -0.712. The van der Waals surface area contributed by atoms with Crippen LogP contribution in [0.4, 0.5) is 0 Å². The first-order valence-corrected chi connectivity index (χ1v) is 12.2. The second-order valence-corrected chi connectivity index (χ2v) is 9.51. The number of phenols is 1. The number of benzene rings is 1. The number of carboxylic acids is 2. The molecule has 0 spiro atoms. The van der Waals surface area contributed by atoms with Gasteiger partial charge < -0.3 is 42.0 Å². The van der Waals surface area contributed by atoms with Crippen molar-refractivity contribution in [2.45, 2.75) is 63.7 Å². The predicted molar refractivity (Wildman–Crippen MR) is 137 cm³/mol. The number of nitrogens with zero attached hydrogens (tertiary/aromatic N) is 1. The van der Waals surface area contributed by atoms with E-state index in [0.29, 0.717) is 11.3 Å². The lowest BCUT2D eigenvalue weighted by atomic mass is 10.0. The minimum absolute atomic E-state index is 0.0481. The van der Waals surface area contributed by atoms with Crippen LogP contribution in [0.5, 0.6) is 5.75 Å². The van der Waals surface area contributed by atoms with E-state index >= 15 is 0 Å². The number of aromatic hydroxyl groups is 1. The van der Waals surface area contributed by atoms with E-state index in [1.807, 2.05) is 0 Å². The monoisotopic (exact) mass is 546 g/mol. The van der Waals surface area contributed by atoms with Crippen molar-refractivity contribution in [3.63, 3.8) is 0 Å². The number of aliphatic carboxylic acids is 2. The van der Waals surface area contributed by atoms with Crippen LogP contribution in [0.1, 0.15) is 37.9 Å². The summed E-state index contributed by atoms with van der Waals surface area (Å²) in [5, 5.41) is 35.3. The van der Waals surface area contributed by atoms with Gasteiger partial charge in [-0.3, -0.25) is 19.2 Å². The van der Waals surface area contributed by atoms with Gasteiger partial charge in [0.25, 0.3) is 0 Å². The molecule has 0 bridgehead atoms. The van der Waals surface area contributed by atoms with Crippen molar-refractivity contribution in [2.24, 2.45) is 11.7 Å². The number of amides is 3. The van der Waals surface area contributed by atoms with E-state index in [9.17, 15) is 39.3 Å². The maximum atomic E-state index is 13.2. The summed E-state index contributed by atoms with van der Waals surface area (Å²) in [4.78, 5) is 68.5. The Morgan fingerprint density at radius 1 is 0.897 bits per heavy atom. The lowest BCUT2D eigenvalue weighted by molar-refractivity contribution is -0.144. The molecule has 2 aromatic rings. The molecule has 1 heterocycles. The number of carbonyl (C=O) groups is 5. The number of imidazole rings is 1. The fraction of sp³-hybridized carbons (Fsp3) is 0.440. The average molecular weight is 547 g/mol.